The molecule has 0 bridgehead atoms. The average molecular weight is 406 g/mol. The Balaban J connectivity index is 1.71. The molecule has 3 atom stereocenters. The number of rotatable bonds is 10. The molecule has 0 aromatic heterocycles. The number of amides is 1. The molecule has 1 fully saturated rings. The van der Waals surface area contributed by atoms with Gasteiger partial charge in [-0.15, -0.1) is 0 Å². The number of methoxy groups -OCH3 is 1. The fraction of sp³-hybridized carbons (Fsp3) is 0.550. The molecule has 158 valence electrons. The molecule has 1 aromatic rings. The molecule has 0 spiro atoms. The van der Waals surface area contributed by atoms with Crippen LogP contribution in [0.5, 0.6) is 5.75 Å². The number of hydrogen-bond donors (Lipinski definition) is 1. The summed E-state index contributed by atoms with van der Waals surface area (Å²) in [4.78, 5) is 46.2. The standard InChI is InChI=1S/C20H26N2O7/c1-13-9-18(23)16(17(13)11-22(26)27)10-20(25)29-12-19(24)21-8-7-14-3-5-15(28-2)6-4-14/h3-6,13,16-17H,7-12H2,1-2H3,(H,21,24)/t13-,16-,17+/m0/s1. The Hall–Kier alpha value is -2.97. The Morgan fingerprint density at radius 2 is 1.97 bits per heavy atom. The van der Waals surface area contributed by atoms with Gasteiger partial charge >= 0.3 is 5.97 Å². The van der Waals surface area contributed by atoms with Gasteiger partial charge in [-0.3, -0.25) is 24.5 Å². The van der Waals surface area contributed by atoms with Crippen molar-refractivity contribution in [2.24, 2.45) is 17.8 Å². The Bertz CT molecular complexity index is 748. The van der Waals surface area contributed by atoms with Crippen molar-refractivity contribution < 1.29 is 28.8 Å². The maximum Gasteiger partial charge on any atom is 0.307 e. The van der Waals surface area contributed by atoms with Gasteiger partial charge in [0.25, 0.3) is 5.91 Å². The summed E-state index contributed by atoms with van der Waals surface area (Å²) in [5.41, 5.74) is 1.02. The minimum Gasteiger partial charge on any atom is -0.497 e. The highest BCUT2D eigenvalue weighted by atomic mass is 16.6. The lowest BCUT2D eigenvalue weighted by molar-refractivity contribution is -0.490. The van der Waals surface area contributed by atoms with Crippen molar-refractivity contribution in [3.05, 3.63) is 39.9 Å². The maximum atomic E-state index is 12.0. The van der Waals surface area contributed by atoms with Crippen molar-refractivity contribution in [1.29, 1.82) is 0 Å². The molecular formula is C20H26N2O7. The molecule has 0 heterocycles. The first-order chi connectivity index (χ1) is 13.8. The monoisotopic (exact) mass is 406 g/mol. The quantitative estimate of drug-likeness (QED) is 0.354. The van der Waals surface area contributed by atoms with Crippen LogP contribution in [0.4, 0.5) is 0 Å². The number of nitro groups is 1. The van der Waals surface area contributed by atoms with Gasteiger partial charge in [-0.1, -0.05) is 19.1 Å². The van der Waals surface area contributed by atoms with Gasteiger partial charge < -0.3 is 14.8 Å². The lowest BCUT2D eigenvalue weighted by atomic mass is 9.88. The van der Waals surface area contributed by atoms with E-state index in [1.54, 1.807) is 14.0 Å². The predicted octanol–water partition coefficient (Wildman–Crippen LogP) is 1.41. The van der Waals surface area contributed by atoms with Crippen LogP contribution in [0.25, 0.3) is 0 Å². The van der Waals surface area contributed by atoms with E-state index in [0.717, 1.165) is 11.3 Å². The van der Waals surface area contributed by atoms with Gasteiger partial charge in [0.05, 0.1) is 13.5 Å². The number of benzene rings is 1. The van der Waals surface area contributed by atoms with Crippen LogP contribution in [0, 0.1) is 27.9 Å². The smallest absolute Gasteiger partial charge is 0.307 e. The number of ether oxygens (including phenoxy) is 2. The highest BCUT2D eigenvalue weighted by Gasteiger charge is 2.44. The lowest BCUT2D eigenvalue weighted by Gasteiger charge is -2.17. The van der Waals surface area contributed by atoms with Gasteiger partial charge in [0, 0.05) is 29.7 Å². The van der Waals surface area contributed by atoms with E-state index in [9.17, 15) is 24.5 Å². The highest BCUT2D eigenvalue weighted by molar-refractivity contribution is 5.88. The normalized spacial score (nSPS) is 20.9. The number of carbonyl (C=O) groups excluding carboxylic acids is 3. The highest BCUT2D eigenvalue weighted by Crippen LogP contribution is 2.36. The van der Waals surface area contributed by atoms with Gasteiger partial charge in [-0.2, -0.15) is 0 Å². The summed E-state index contributed by atoms with van der Waals surface area (Å²) in [6.07, 6.45) is 0.601. The number of ketones is 1. The minimum atomic E-state index is -0.721. The van der Waals surface area contributed by atoms with Crippen LogP contribution in [0.1, 0.15) is 25.3 Å². The first-order valence-electron chi connectivity index (χ1n) is 9.50. The number of carbonyl (C=O) groups is 3. The largest absolute Gasteiger partial charge is 0.497 e. The van der Waals surface area contributed by atoms with Crippen molar-refractivity contribution in [3.63, 3.8) is 0 Å². The fourth-order valence-electron chi connectivity index (χ4n) is 3.57. The van der Waals surface area contributed by atoms with Gasteiger partial charge in [-0.05, 0) is 30.0 Å². The van der Waals surface area contributed by atoms with Crippen LogP contribution in [0.2, 0.25) is 0 Å². The molecule has 0 radical (unpaired) electrons. The van der Waals surface area contributed by atoms with Crippen molar-refractivity contribution in [1.82, 2.24) is 5.32 Å². The number of nitrogens with zero attached hydrogens (tertiary/aromatic N) is 1. The first-order valence-corrected chi connectivity index (χ1v) is 9.50. The lowest BCUT2D eigenvalue weighted by Crippen LogP contribution is -2.32. The van der Waals surface area contributed by atoms with E-state index in [-0.39, 0.29) is 31.1 Å². The summed E-state index contributed by atoms with van der Waals surface area (Å²) in [7, 11) is 1.59. The topological polar surface area (TPSA) is 125 Å². The molecule has 2 rings (SSSR count). The molecule has 1 N–H and O–H groups in total. The second-order valence-corrected chi connectivity index (χ2v) is 7.25. The summed E-state index contributed by atoms with van der Waals surface area (Å²) in [5, 5.41) is 13.5. The van der Waals surface area contributed by atoms with Crippen molar-refractivity contribution in [2.45, 2.75) is 26.2 Å². The zero-order valence-electron chi connectivity index (χ0n) is 16.6. The van der Waals surface area contributed by atoms with Crippen LogP contribution in [0.3, 0.4) is 0 Å². The molecule has 0 aliphatic heterocycles. The molecule has 1 saturated carbocycles. The summed E-state index contributed by atoms with van der Waals surface area (Å²) < 4.78 is 10.0. The third-order valence-corrected chi connectivity index (χ3v) is 5.19. The minimum absolute atomic E-state index is 0.146. The number of hydrogen-bond acceptors (Lipinski definition) is 7. The summed E-state index contributed by atoms with van der Waals surface area (Å²) in [6, 6.07) is 7.45. The summed E-state index contributed by atoms with van der Waals surface area (Å²) >= 11 is 0. The predicted molar refractivity (Wildman–Crippen MR) is 103 cm³/mol. The fourth-order valence-corrected chi connectivity index (χ4v) is 3.57. The second kappa shape index (κ2) is 10.5. The molecule has 0 unspecified atom stereocenters. The van der Waals surface area contributed by atoms with E-state index in [1.165, 1.54) is 0 Å². The average Bonchev–Trinajstić information content (AvgIpc) is 2.93. The van der Waals surface area contributed by atoms with E-state index in [4.69, 9.17) is 9.47 Å². The zero-order chi connectivity index (χ0) is 21.4. The first kappa shape index (κ1) is 22.3. The zero-order valence-corrected chi connectivity index (χ0v) is 16.6. The Morgan fingerprint density at radius 3 is 2.59 bits per heavy atom. The molecular weight excluding hydrogens is 380 g/mol. The van der Waals surface area contributed by atoms with E-state index < -0.39 is 35.2 Å². The molecule has 1 aromatic carbocycles. The number of nitrogens with one attached hydrogen (secondary N) is 1. The van der Waals surface area contributed by atoms with Crippen molar-refractivity contribution in [2.75, 3.05) is 26.8 Å². The van der Waals surface area contributed by atoms with Gasteiger partial charge in [0.2, 0.25) is 6.54 Å². The van der Waals surface area contributed by atoms with Crippen molar-refractivity contribution >= 4 is 17.7 Å². The molecule has 9 nitrogen and oxygen atoms in total. The summed E-state index contributed by atoms with van der Waals surface area (Å²) in [6.45, 7) is 1.36. The SMILES string of the molecule is COc1ccc(CCNC(=O)COC(=O)C[C@@H]2C(=O)C[C@H](C)[C@H]2C[N+](=O)[O-])cc1. The second-order valence-electron chi connectivity index (χ2n) is 7.25. The van der Waals surface area contributed by atoms with Crippen LogP contribution in [-0.4, -0.2) is 49.4 Å². The third kappa shape index (κ3) is 6.85. The van der Waals surface area contributed by atoms with Gasteiger partial charge in [0.15, 0.2) is 6.61 Å². The molecule has 1 aliphatic carbocycles. The third-order valence-electron chi connectivity index (χ3n) is 5.19. The van der Waals surface area contributed by atoms with E-state index in [2.05, 4.69) is 5.32 Å². The molecule has 9 heteroatoms. The van der Waals surface area contributed by atoms with Gasteiger partial charge in [0.1, 0.15) is 11.5 Å². The molecule has 0 saturated heterocycles. The van der Waals surface area contributed by atoms with Gasteiger partial charge in [-0.25, -0.2) is 0 Å². The van der Waals surface area contributed by atoms with E-state index >= 15 is 0 Å². The van der Waals surface area contributed by atoms with Crippen LogP contribution < -0.4 is 10.1 Å². The number of esters is 1. The van der Waals surface area contributed by atoms with Crippen LogP contribution >= 0.6 is 0 Å². The number of Topliss-reactive ketones (excluding diaryl/α,β-unsaturated/α-hetero) is 1. The van der Waals surface area contributed by atoms with Crippen LogP contribution in [0.15, 0.2) is 24.3 Å². The maximum absolute atomic E-state index is 12.0. The van der Waals surface area contributed by atoms with Crippen molar-refractivity contribution in [3.8, 4) is 5.75 Å². The van der Waals surface area contributed by atoms with E-state index in [0.29, 0.717) is 13.0 Å². The molecule has 1 amide bonds. The van der Waals surface area contributed by atoms with Crippen LogP contribution in [-0.2, 0) is 25.5 Å². The Kier molecular flexibility index (Phi) is 8.11. The summed E-state index contributed by atoms with van der Waals surface area (Å²) in [5.74, 6) is -1.90. The molecule has 29 heavy (non-hydrogen) atoms. The Morgan fingerprint density at radius 1 is 1.28 bits per heavy atom. The molecule has 1 aliphatic rings. The Labute approximate surface area is 168 Å². The van der Waals surface area contributed by atoms with E-state index in [1.807, 2.05) is 24.3 Å².